The zero-order valence-corrected chi connectivity index (χ0v) is 12.1. The SMILES string of the molecule is Cc1nc2sccn2c1C(=O)NCCc1noc(CO)n1. The maximum atomic E-state index is 12.2. The first kappa shape index (κ1) is 13.7. The zero-order valence-electron chi connectivity index (χ0n) is 11.2. The summed E-state index contributed by atoms with van der Waals surface area (Å²) in [5.74, 6) is 0.428. The van der Waals surface area contributed by atoms with Crippen molar-refractivity contribution < 1.29 is 14.4 Å². The Hall–Kier alpha value is -2.26. The molecule has 0 fully saturated rings. The van der Waals surface area contributed by atoms with Crippen molar-refractivity contribution in [2.75, 3.05) is 6.54 Å². The molecule has 0 aromatic carbocycles. The van der Waals surface area contributed by atoms with E-state index in [1.165, 1.54) is 11.3 Å². The zero-order chi connectivity index (χ0) is 14.8. The molecule has 0 aliphatic heterocycles. The molecule has 21 heavy (non-hydrogen) atoms. The first-order chi connectivity index (χ1) is 10.2. The van der Waals surface area contributed by atoms with Crippen LogP contribution >= 0.6 is 11.3 Å². The number of hydrogen-bond donors (Lipinski definition) is 2. The molecule has 0 atom stereocenters. The third-order valence-electron chi connectivity index (χ3n) is 2.93. The monoisotopic (exact) mass is 307 g/mol. The normalized spacial score (nSPS) is 11.1. The average Bonchev–Trinajstić information content (AvgIpc) is 3.13. The molecular weight excluding hydrogens is 294 g/mol. The number of carbonyl (C=O) groups excluding carboxylic acids is 1. The number of nitrogens with one attached hydrogen (secondary N) is 1. The minimum absolute atomic E-state index is 0.169. The lowest BCUT2D eigenvalue weighted by Gasteiger charge is -2.03. The van der Waals surface area contributed by atoms with Crippen LogP contribution in [0.25, 0.3) is 4.96 Å². The highest BCUT2D eigenvalue weighted by molar-refractivity contribution is 7.15. The Morgan fingerprint density at radius 1 is 1.52 bits per heavy atom. The van der Waals surface area contributed by atoms with Crippen LogP contribution in [0.2, 0.25) is 0 Å². The van der Waals surface area contributed by atoms with Gasteiger partial charge in [-0.1, -0.05) is 5.16 Å². The molecule has 0 unspecified atom stereocenters. The fourth-order valence-electron chi connectivity index (χ4n) is 1.99. The van der Waals surface area contributed by atoms with Gasteiger partial charge in [-0.15, -0.1) is 11.3 Å². The number of amides is 1. The van der Waals surface area contributed by atoms with Crippen LogP contribution < -0.4 is 5.32 Å². The highest BCUT2D eigenvalue weighted by Gasteiger charge is 2.17. The van der Waals surface area contributed by atoms with Gasteiger partial charge in [0.15, 0.2) is 10.8 Å². The molecule has 3 aromatic heterocycles. The van der Waals surface area contributed by atoms with Crippen molar-refractivity contribution in [2.45, 2.75) is 20.0 Å². The lowest BCUT2D eigenvalue weighted by atomic mass is 10.3. The van der Waals surface area contributed by atoms with Crippen LogP contribution in [0.3, 0.4) is 0 Å². The largest absolute Gasteiger partial charge is 0.387 e. The highest BCUT2D eigenvalue weighted by Crippen LogP contribution is 2.16. The molecule has 8 nitrogen and oxygen atoms in total. The van der Waals surface area contributed by atoms with Crippen LogP contribution in [-0.2, 0) is 13.0 Å². The van der Waals surface area contributed by atoms with E-state index in [0.717, 1.165) is 4.96 Å². The molecule has 2 N–H and O–H groups in total. The maximum Gasteiger partial charge on any atom is 0.270 e. The molecule has 3 aromatic rings. The summed E-state index contributed by atoms with van der Waals surface area (Å²) in [7, 11) is 0. The Balaban J connectivity index is 1.64. The van der Waals surface area contributed by atoms with Crippen LogP contribution in [0.5, 0.6) is 0 Å². The van der Waals surface area contributed by atoms with Gasteiger partial charge in [-0.2, -0.15) is 4.98 Å². The highest BCUT2D eigenvalue weighted by atomic mass is 32.1. The van der Waals surface area contributed by atoms with E-state index in [0.29, 0.717) is 30.2 Å². The second kappa shape index (κ2) is 5.62. The van der Waals surface area contributed by atoms with E-state index in [2.05, 4.69) is 20.4 Å². The second-order valence-electron chi connectivity index (χ2n) is 4.37. The van der Waals surface area contributed by atoms with E-state index in [1.54, 1.807) is 11.3 Å². The van der Waals surface area contributed by atoms with Gasteiger partial charge in [-0.05, 0) is 6.92 Å². The van der Waals surface area contributed by atoms with E-state index in [4.69, 9.17) is 9.63 Å². The van der Waals surface area contributed by atoms with Gasteiger partial charge in [0.05, 0.1) is 5.69 Å². The van der Waals surface area contributed by atoms with Crippen molar-refractivity contribution in [1.82, 2.24) is 24.8 Å². The molecule has 0 radical (unpaired) electrons. The van der Waals surface area contributed by atoms with Gasteiger partial charge in [-0.3, -0.25) is 9.20 Å². The summed E-state index contributed by atoms with van der Waals surface area (Å²) in [6.45, 7) is 1.89. The Morgan fingerprint density at radius 3 is 3.14 bits per heavy atom. The smallest absolute Gasteiger partial charge is 0.270 e. The molecule has 9 heteroatoms. The number of nitrogens with zero attached hydrogens (tertiary/aromatic N) is 4. The number of aliphatic hydroxyl groups excluding tert-OH is 1. The number of imidazole rings is 1. The maximum absolute atomic E-state index is 12.2. The summed E-state index contributed by atoms with van der Waals surface area (Å²) < 4.78 is 6.54. The van der Waals surface area contributed by atoms with Gasteiger partial charge >= 0.3 is 0 Å². The number of thiazole rings is 1. The number of aliphatic hydroxyl groups is 1. The van der Waals surface area contributed by atoms with E-state index in [1.807, 2.05) is 11.6 Å². The van der Waals surface area contributed by atoms with E-state index >= 15 is 0 Å². The summed E-state index contributed by atoms with van der Waals surface area (Å²) in [6.07, 6.45) is 2.25. The quantitative estimate of drug-likeness (QED) is 0.713. The lowest BCUT2D eigenvalue weighted by Crippen LogP contribution is -2.27. The van der Waals surface area contributed by atoms with Gasteiger partial charge in [0, 0.05) is 24.5 Å². The molecule has 0 bridgehead atoms. The van der Waals surface area contributed by atoms with Crippen molar-refractivity contribution in [3.05, 3.63) is 34.7 Å². The van der Waals surface area contributed by atoms with Gasteiger partial charge < -0.3 is 14.9 Å². The predicted octanol–water partition coefficient (Wildman–Crippen LogP) is 0.552. The van der Waals surface area contributed by atoms with Crippen molar-refractivity contribution in [2.24, 2.45) is 0 Å². The van der Waals surface area contributed by atoms with Crippen LogP contribution in [-0.4, -0.2) is 37.1 Å². The number of aryl methyl sites for hydroxylation is 1. The Kier molecular flexibility index (Phi) is 3.67. The van der Waals surface area contributed by atoms with Crippen LogP contribution in [0.4, 0.5) is 0 Å². The Labute approximate surface area is 123 Å². The number of fused-ring (bicyclic) bond motifs is 1. The fourth-order valence-corrected chi connectivity index (χ4v) is 2.75. The molecule has 0 saturated carbocycles. The van der Waals surface area contributed by atoms with Gasteiger partial charge in [0.1, 0.15) is 12.3 Å². The molecule has 1 amide bonds. The molecule has 3 rings (SSSR count). The molecule has 3 heterocycles. The van der Waals surface area contributed by atoms with Gasteiger partial charge in [0.2, 0.25) is 0 Å². The minimum atomic E-state index is -0.287. The van der Waals surface area contributed by atoms with Crippen LogP contribution in [0.15, 0.2) is 16.1 Å². The predicted molar refractivity (Wildman–Crippen MR) is 74.1 cm³/mol. The third kappa shape index (κ3) is 2.65. The van der Waals surface area contributed by atoms with Crippen molar-refractivity contribution in [1.29, 1.82) is 0 Å². The first-order valence-electron chi connectivity index (χ1n) is 6.31. The van der Waals surface area contributed by atoms with E-state index < -0.39 is 0 Å². The van der Waals surface area contributed by atoms with E-state index in [-0.39, 0.29) is 18.4 Å². The number of rotatable bonds is 5. The second-order valence-corrected chi connectivity index (χ2v) is 5.24. The van der Waals surface area contributed by atoms with Crippen molar-refractivity contribution >= 4 is 22.2 Å². The van der Waals surface area contributed by atoms with Crippen LogP contribution in [0.1, 0.15) is 27.9 Å². The van der Waals surface area contributed by atoms with Crippen molar-refractivity contribution in [3.8, 4) is 0 Å². The third-order valence-corrected chi connectivity index (χ3v) is 3.69. The van der Waals surface area contributed by atoms with Crippen molar-refractivity contribution in [3.63, 3.8) is 0 Å². The Bertz CT molecular complexity index is 775. The van der Waals surface area contributed by atoms with Crippen LogP contribution in [0, 0.1) is 6.92 Å². The minimum Gasteiger partial charge on any atom is -0.387 e. The number of carbonyl (C=O) groups is 1. The Morgan fingerprint density at radius 2 is 2.38 bits per heavy atom. The molecule has 110 valence electrons. The summed E-state index contributed by atoms with van der Waals surface area (Å²) in [4.78, 5) is 21.3. The number of aromatic nitrogens is 4. The fraction of sp³-hybridized carbons (Fsp3) is 0.333. The van der Waals surface area contributed by atoms with E-state index in [9.17, 15) is 4.79 Å². The summed E-state index contributed by atoms with van der Waals surface area (Å²) >= 11 is 1.48. The number of hydrogen-bond acceptors (Lipinski definition) is 7. The topological polar surface area (TPSA) is 106 Å². The lowest BCUT2D eigenvalue weighted by molar-refractivity contribution is 0.0947. The molecule has 0 spiro atoms. The summed E-state index contributed by atoms with van der Waals surface area (Å²) in [6, 6.07) is 0. The standard InChI is InChI=1S/C12H13N5O3S/c1-7-10(17-4-5-21-12(17)14-7)11(19)13-3-2-8-15-9(6-18)20-16-8/h4-5,18H,2-3,6H2,1H3,(H,13,19). The summed E-state index contributed by atoms with van der Waals surface area (Å²) in [5, 5.41) is 17.2. The molecule has 0 saturated heterocycles. The first-order valence-corrected chi connectivity index (χ1v) is 7.19. The van der Waals surface area contributed by atoms with Gasteiger partial charge in [-0.25, -0.2) is 4.98 Å². The molecular formula is C12H13N5O3S. The molecule has 0 aliphatic rings. The summed E-state index contributed by atoms with van der Waals surface area (Å²) in [5.41, 5.74) is 1.23. The molecule has 0 aliphatic carbocycles. The van der Waals surface area contributed by atoms with Gasteiger partial charge in [0.25, 0.3) is 11.8 Å². The average molecular weight is 307 g/mol.